The zero-order valence-corrected chi connectivity index (χ0v) is 15.9. The minimum absolute atomic E-state index is 0.00875. The molecule has 6 heteroatoms. The Morgan fingerprint density at radius 1 is 1.15 bits per heavy atom. The molecule has 0 atom stereocenters. The summed E-state index contributed by atoms with van der Waals surface area (Å²) in [5.41, 5.74) is 3.02. The SMILES string of the molecule is Cc1nccn1-c1ccc(CNC(=O)CCc2ccc(Cl)cc2Cl)cc1. The fourth-order valence-corrected chi connectivity index (χ4v) is 3.19. The molecule has 0 aliphatic heterocycles. The van der Waals surface area contributed by atoms with Crippen molar-refractivity contribution < 1.29 is 4.79 Å². The van der Waals surface area contributed by atoms with Gasteiger partial charge in [-0.15, -0.1) is 0 Å². The lowest BCUT2D eigenvalue weighted by Crippen LogP contribution is -2.23. The number of rotatable bonds is 6. The lowest BCUT2D eigenvalue weighted by Gasteiger charge is -2.09. The second-order valence-corrected chi connectivity index (χ2v) is 6.87. The Labute approximate surface area is 162 Å². The fourth-order valence-electron chi connectivity index (χ4n) is 2.69. The standard InChI is InChI=1S/C20H19Cl2N3O/c1-14-23-10-11-25(14)18-7-2-15(3-8-18)13-24-20(26)9-5-16-4-6-17(21)12-19(16)22/h2-4,6-8,10-12H,5,9,13H2,1H3,(H,24,26). The average Bonchev–Trinajstić information content (AvgIpc) is 3.05. The quantitative estimate of drug-likeness (QED) is 0.663. The number of carbonyl (C=O) groups excluding carboxylic acids is 1. The van der Waals surface area contributed by atoms with Crippen LogP contribution in [0, 0.1) is 6.92 Å². The summed E-state index contributed by atoms with van der Waals surface area (Å²) < 4.78 is 2.01. The molecule has 0 saturated carbocycles. The molecule has 0 unspecified atom stereocenters. The van der Waals surface area contributed by atoms with Crippen LogP contribution >= 0.6 is 23.2 Å². The first-order valence-corrected chi connectivity index (χ1v) is 9.08. The van der Waals surface area contributed by atoms with Crippen LogP contribution in [0.2, 0.25) is 10.0 Å². The van der Waals surface area contributed by atoms with Crippen LogP contribution in [-0.2, 0) is 17.8 Å². The summed E-state index contributed by atoms with van der Waals surface area (Å²) in [6.45, 7) is 2.46. The number of carbonyl (C=O) groups is 1. The molecule has 3 aromatic rings. The van der Waals surface area contributed by atoms with E-state index in [-0.39, 0.29) is 5.91 Å². The van der Waals surface area contributed by atoms with Crippen molar-refractivity contribution >= 4 is 29.1 Å². The first kappa shape index (κ1) is 18.5. The minimum Gasteiger partial charge on any atom is -0.352 e. The summed E-state index contributed by atoms with van der Waals surface area (Å²) >= 11 is 12.0. The lowest BCUT2D eigenvalue weighted by molar-refractivity contribution is -0.121. The Morgan fingerprint density at radius 2 is 1.92 bits per heavy atom. The molecule has 0 spiro atoms. The van der Waals surface area contributed by atoms with Crippen molar-refractivity contribution in [2.45, 2.75) is 26.3 Å². The summed E-state index contributed by atoms with van der Waals surface area (Å²) in [5.74, 6) is 0.928. The molecule has 0 bridgehead atoms. The van der Waals surface area contributed by atoms with E-state index >= 15 is 0 Å². The second-order valence-electron chi connectivity index (χ2n) is 6.02. The van der Waals surface area contributed by atoms with Gasteiger partial charge in [-0.3, -0.25) is 4.79 Å². The van der Waals surface area contributed by atoms with E-state index in [4.69, 9.17) is 23.2 Å². The molecular weight excluding hydrogens is 369 g/mol. The van der Waals surface area contributed by atoms with Gasteiger partial charge in [0.2, 0.25) is 5.91 Å². The Kier molecular flexibility index (Phi) is 5.96. The van der Waals surface area contributed by atoms with Gasteiger partial charge in [0.15, 0.2) is 0 Å². The molecular formula is C20H19Cl2N3O. The molecule has 1 heterocycles. The number of amides is 1. The van der Waals surface area contributed by atoms with E-state index in [2.05, 4.69) is 10.3 Å². The topological polar surface area (TPSA) is 46.9 Å². The molecule has 3 rings (SSSR count). The van der Waals surface area contributed by atoms with Crippen LogP contribution in [-0.4, -0.2) is 15.5 Å². The summed E-state index contributed by atoms with van der Waals surface area (Å²) in [4.78, 5) is 16.3. The number of halogens is 2. The molecule has 0 fully saturated rings. The Morgan fingerprint density at radius 3 is 2.58 bits per heavy atom. The van der Waals surface area contributed by atoms with Gasteiger partial charge in [-0.25, -0.2) is 4.98 Å². The van der Waals surface area contributed by atoms with Gasteiger partial charge in [0.1, 0.15) is 5.82 Å². The summed E-state index contributed by atoms with van der Waals surface area (Å²) in [6.07, 6.45) is 4.67. The van der Waals surface area contributed by atoms with E-state index < -0.39 is 0 Å². The van der Waals surface area contributed by atoms with Gasteiger partial charge in [0.25, 0.3) is 0 Å². The fraction of sp³-hybridized carbons (Fsp3) is 0.200. The van der Waals surface area contributed by atoms with Crippen LogP contribution in [0.25, 0.3) is 5.69 Å². The first-order valence-electron chi connectivity index (χ1n) is 8.33. The third-order valence-corrected chi connectivity index (χ3v) is 4.75. The van der Waals surface area contributed by atoms with Crippen LogP contribution in [0.1, 0.15) is 23.4 Å². The average molecular weight is 388 g/mol. The van der Waals surface area contributed by atoms with Gasteiger partial charge in [-0.2, -0.15) is 0 Å². The highest BCUT2D eigenvalue weighted by molar-refractivity contribution is 6.35. The van der Waals surface area contributed by atoms with E-state index in [1.54, 1.807) is 18.3 Å². The Balaban J connectivity index is 1.50. The highest BCUT2D eigenvalue weighted by atomic mass is 35.5. The van der Waals surface area contributed by atoms with Crippen LogP contribution in [0.3, 0.4) is 0 Å². The van der Waals surface area contributed by atoms with Crippen molar-refractivity contribution in [1.29, 1.82) is 0 Å². The number of benzene rings is 2. The van der Waals surface area contributed by atoms with Crippen LogP contribution in [0.4, 0.5) is 0 Å². The van der Waals surface area contributed by atoms with Crippen LogP contribution in [0.15, 0.2) is 54.9 Å². The summed E-state index contributed by atoms with van der Waals surface area (Å²) in [6, 6.07) is 13.4. The maximum absolute atomic E-state index is 12.1. The van der Waals surface area contributed by atoms with Gasteiger partial charge >= 0.3 is 0 Å². The van der Waals surface area contributed by atoms with Crippen molar-refractivity contribution in [3.63, 3.8) is 0 Å². The molecule has 0 radical (unpaired) electrons. The Bertz CT molecular complexity index is 904. The molecule has 1 amide bonds. The summed E-state index contributed by atoms with van der Waals surface area (Å²) in [7, 11) is 0. The molecule has 4 nitrogen and oxygen atoms in total. The largest absolute Gasteiger partial charge is 0.352 e. The normalized spacial score (nSPS) is 10.7. The van der Waals surface area contributed by atoms with Crippen molar-refractivity contribution in [1.82, 2.24) is 14.9 Å². The van der Waals surface area contributed by atoms with Crippen molar-refractivity contribution in [2.75, 3.05) is 0 Å². The van der Waals surface area contributed by atoms with Crippen molar-refractivity contribution in [2.24, 2.45) is 0 Å². The van der Waals surface area contributed by atoms with Crippen molar-refractivity contribution in [3.05, 3.63) is 81.9 Å². The number of nitrogens with zero attached hydrogens (tertiary/aromatic N) is 2. The molecule has 0 aliphatic rings. The van der Waals surface area contributed by atoms with Crippen LogP contribution < -0.4 is 5.32 Å². The number of aromatic nitrogens is 2. The van der Waals surface area contributed by atoms with Crippen molar-refractivity contribution in [3.8, 4) is 5.69 Å². The number of imidazole rings is 1. The van der Waals surface area contributed by atoms with E-state index in [9.17, 15) is 4.79 Å². The van der Waals surface area contributed by atoms with Gasteiger partial charge < -0.3 is 9.88 Å². The number of aryl methyl sites for hydroxylation is 2. The zero-order chi connectivity index (χ0) is 18.5. The van der Waals surface area contributed by atoms with E-state index in [1.807, 2.05) is 48.0 Å². The third kappa shape index (κ3) is 4.65. The maximum atomic E-state index is 12.1. The van der Waals surface area contributed by atoms with Crippen LogP contribution in [0.5, 0.6) is 0 Å². The van der Waals surface area contributed by atoms with Gasteiger partial charge in [-0.05, 0) is 48.7 Å². The number of nitrogens with one attached hydrogen (secondary N) is 1. The highest BCUT2D eigenvalue weighted by Gasteiger charge is 2.06. The van der Waals surface area contributed by atoms with E-state index in [1.165, 1.54) is 0 Å². The first-order chi connectivity index (χ1) is 12.5. The van der Waals surface area contributed by atoms with Gasteiger partial charge in [0, 0.05) is 41.1 Å². The smallest absolute Gasteiger partial charge is 0.220 e. The third-order valence-electron chi connectivity index (χ3n) is 4.17. The predicted molar refractivity (Wildman–Crippen MR) is 105 cm³/mol. The highest BCUT2D eigenvalue weighted by Crippen LogP contribution is 2.22. The lowest BCUT2D eigenvalue weighted by atomic mass is 10.1. The molecule has 2 aromatic carbocycles. The van der Waals surface area contributed by atoms with E-state index in [0.29, 0.717) is 29.4 Å². The molecule has 134 valence electrons. The molecule has 1 aromatic heterocycles. The minimum atomic E-state index is -0.00875. The zero-order valence-electron chi connectivity index (χ0n) is 14.4. The van der Waals surface area contributed by atoms with Gasteiger partial charge in [0.05, 0.1) is 0 Å². The monoisotopic (exact) mass is 387 g/mol. The number of hydrogen-bond acceptors (Lipinski definition) is 2. The summed E-state index contributed by atoms with van der Waals surface area (Å²) in [5, 5.41) is 4.13. The molecule has 1 N–H and O–H groups in total. The van der Waals surface area contributed by atoms with Gasteiger partial charge in [-0.1, -0.05) is 41.4 Å². The molecule has 0 saturated heterocycles. The second kappa shape index (κ2) is 8.39. The number of hydrogen-bond donors (Lipinski definition) is 1. The van der Waals surface area contributed by atoms with E-state index in [0.717, 1.165) is 22.6 Å². The predicted octanol–water partition coefficient (Wildman–Crippen LogP) is 4.74. The molecule has 26 heavy (non-hydrogen) atoms. The molecule has 0 aliphatic carbocycles. The maximum Gasteiger partial charge on any atom is 0.220 e. The Hall–Kier alpha value is -2.30.